The summed E-state index contributed by atoms with van der Waals surface area (Å²) in [5.41, 5.74) is 2.27. The van der Waals surface area contributed by atoms with Gasteiger partial charge in [-0.15, -0.1) is 0 Å². The Kier molecular flexibility index (Phi) is 5.03. The highest BCUT2D eigenvalue weighted by molar-refractivity contribution is 5.46. The largest absolute Gasteiger partial charge is 0.378 e. The minimum absolute atomic E-state index is 0.769. The van der Waals surface area contributed by atoms with Gasteiger partial charge in [-0.25, -0.2) is 4.98 Å². The second-order valence-corrected chi connectivity index (χ2v) is 6.98. The molecule has 2 aromatic heterocycles. The van der Waals surface area contributed by atoms with E-state index in [1.54, 1.807) is 0 Å². The van der Waals surface area contributed by atoms with Gasteiger partial charge in [-0.3, -0.25) is 9.58 Å². The molecule has 8 nitrogen and oxygen atoms in total. The molecule has 0 aromatic carbocycles. The summed E-state index contributed by atoms with van der Waals surface area (Å²) in [6.45, 7) is 10.2. The lowest BCUT2D eigenvalue weighted by Crippen LogP contribution is -2.47. The van der Waals surface area contributed by atoms with Gasteiger partial charge in [-0.1, -0.05) is 0 Å². The van der Waals surface area contributed by atoms with Gasteiger partial charge in [0.15, 0.2) is 0 Å². The zero-order chi connectivity index (χ0) is 17.9. The van der Waals surface area contributed by atoms with Gasteiger partial charge in [-0.05, 0) is 13.0 Å². The standard InChI is InChI=1S/C18H27N7O/c1-15-13-17(24-9-11-26-12-10-24)21-18(20-15)25-7-5-23(6-8-25)14-16-3-4-19-22(16)2/h3-4,13H,5-12,14H2,1-2H3. The SMILES string of the molecule is Cc1cc(N2CCOCC2)nc(N2CCN(Cc3ccnn3C)CC2)n1. The average Bonchev–Trinajstić information content (AvgIpc) is 3.07. The number of aryl methyl sites for hydroxylation is 2. The van der Waals surface area contributed by atoms with Crippen LogP contribution in [0.4, 0.5) is 11.8 Å². The molecule has 0 unspecified atom stereocenters. The van der Waals surface area contributed by atoms with E-state index in [2.05, 4.69) is 31.9 Å². The number of rotatable bonds is 4. The zero-order valence-electron chi connectivity index (χ0n) is 15.6. The van der Waals surface area contributed by atoms with Gasteiger partial charge in [0, 0.05) is 70.8 Å². The summed E-state index contributed by atoms with van der Waals surface area (Å²) < 4.78 is 7.40. The third-order valence-electron chi connectivity index (χ3n) is 5.13. The molecule has 0 atom stereocenters. The van der Waals surface area contributed by atoms with Crippen molar-refractivity contribution in [2.75, 3.05) is 62.3 Å². The van der Waals surface area contributed by atoms with E-state index in [9.17, 15) is 0 Å². The van der Waals surface area contributed by atoms with Crippen LogP contribution in [0.1, 0.15) is 11.4 Å². The molecular formula is C18H27N7O. The summed E-state index contributed by atoms with van der Waals surface area (Å²) in [7, 11) is 2.00. The van der Waals surface area contributed by atoms with Crippen LogP contribution >= 0.6 is 0 Å². The maximum absolute atomic E-state index is 5.45. The molecule has 2 aromatic rings. The maximum Gasteiger partial charge on any atom is 0.227 e. The summed E-state index contributed by atoms with van der Waals surface area (Å²) in [4.78, 5) is 16.6. The van der Waals surface area contributed by atoms with E-state index < -0.39 is 0 Å². The number of aromatic nitrogens is 4. The molecule has 2 saturated heterocycles. The van der Waals surface area contributed by atoms with Crippen molar-refractivity contribution in [3.05, 3.63) is 29.7 Å². The Hall–Kier alpha value is -2.19. The fraction of sp³-hybridized carbons (Fsp3) is 0.611. The van der Waals surface area contributed by atoms with E-state index >= 15 is 0 Å². The quantitative estimate of drug-likeness (QED) is 0.797. The molecule has 0 N–H and O–H groups in total. The van der Waals surface area contributed by atoms with Gasteiger partial charge >= 0.3 is 0 Å². The Bertz CT molecular complexity index is 733. The third-order valence-corrected chi connectivity index (χ3v) is 5.13. The Morgan fingerprint density at radius 1 is 1.00 bits per heavy atom. The van der Waals surface area contributed by atoms with Crippen LogP contribution in [0.15, 0.2) is 18.3 Å². The van der Waals surface area contributed by atoms with Crippen molar-refractivity contribution in [3.63, 3.8) is 0 Å². The van der Waals surface area contributed by atoms with Gasteiger partial charge in [0.2, 0.25) is 5.95 Å². The topological polar surface area (TPSA) is 62.6 Å². The number of hydrogen-bond acceptors (Lipinski definition) is 7. The predicted octanol–water partition coefficient (Wildman–Crippen LogP) is 0.677. The monoisotopic (exact) mass is 357 g/mol. The molecule has 0 saturated carbocycles. The highest BCUT2D eigenvalue weighted by Gasteiger charge is 2.22. The molecule has 0 radical (unpaired) electrons. The number of nitrogens with zero attached hydrogens (tertiary/aromatic N) is 7. The lowest BCUT2D eigenvalue weighted by molar-refractivity contribution is 0.122. The minimum atomic E-state index is 0.769. The van der Waals surface area contributed by atoms with Gasteiger partial charge in [-0.2, -0.15) is 10.1 Å². The summed E-state index contributed by atoms with van der Waals surface area (Å²) in [6.07, 6.45) is 1.86. The molecule has 0 bridgehead atoms. The van der Waals surface area contributed by atoms with Crippen LogP contribution in [0.2, 0.25) is 0 Å². The van der Waals surface area contributed by atoms with E-state index in [0.717, 1.165) is 76.5 Å². The Morgan fingerprint density at radius 3 is 2.46 bits per heavy atom. The van der Waals surface area contributed by atoms with Gasteiger partial charge in [0.1, 0.15) is 5.82 Å². The van der Waals surface area contributed by atoms with Crippen molar-refractivity contribution >= 4 is 11.8 Å². The third kappa shape index (κ3) is 3.81. The molecular weight excluding hydrogens is 330 g/mol. The maximum atomic E-state index is 5.45. The normalized spacial score (nSPS) is 19.2. The van der Waals surface area contributed by atoms with Gasteiger partial charge in [0.25, 0.3) is 0 Å². The Labute approximate surface area is 154 Å². The lowest BCUT2D eigenvalue weighted by Gasteiger charge is -2.35. The first-order valence-corrected chi connectivity index (χ1v) is 9.31. The molecule has 0 spiro atoms. The number of anilines is 2. The molecule has 0 aliphatic carbocycles. The fourth-order valence-corrected chi connectivity index (χ4v) is 3.52. The average molecular weight is 357 g/mol. The minimum Gasteiger partial charge on any atom is -0.378 e. The van der Waals surface area contributed by atoms with Gasteiger partial charge < -0.3 is 14.5 Å². The second kappa shape index (κ2) is 7.59. The van der Waals surface area contributed by atoms with Crippen molar-refractivity contribution in [3.8, 4) is 0 Å². The molecule has 26 heavy (non-hydrogen) atoms. The molecule has 8 heteroatoms. The van der Waals surface area contributed by atoms with E-state index in [4.69, 9.17) is 14.7 Å². The van der Waals surface area contributed by atoms with E-state index in [-0.39, 0.29) is 0 Å². The molecule has 4 rings (SSSR count). The Balaban J connectivity index is 1.40. The molecule has 2 aliphatic rings. The number of piperazine rings is 1. The van der Waals surface area contributed by atoms with Crippen LogP contribution in [0.3, 0.4) is 0 Å². The first-order valence-electron chi connectivity index (χ1n) is 9.31. The summed E-state index contributed by atoms with van der Waals surface area (Å²) in [5, 5.41) is 4.25. The van der Waals surface area contributed by atoms with Gasteiger partial charge in [0.05, 0.1) is 18.9 Å². The van der Waals surface area contributed by atoms with E-state index in [1.165, 1.54) is 5.69 Å². The highest BCUT2D eigenvalue weighted by atomic mass is 16.5. The van der Waals surface area contributed by atoms with E-state index in [0.29, 0.717) is 0 Å². The number of morpholine rings is 1. The predicted molar refractivity (Wildman–Crippen MR) is 100 cm³/mol. The molecule has 2 fully saturated rings. The summed E-state index contributed by atoms with van der Waals surface area (Å²) in [5.74, 6) is 1.87. The van der Waals surface area contributed by atoms with Crippen molar-refractivity contribution < 1.29 is 4.74 Å². The Morgan fingerprint density at radius 2 is 1.77 bits per heavy atom. The summed E-state index contributed by atoms with van der Waals surface area (Å²) >= 11 is 0. The molecule has 0 amide bonds. The number of ether oxygens (including phenoxy) is 1. The highest BCUT2D eigenvalue weighted by Crippen LogP contribution is 2.20. The van der Waals surface area contributed by atoms with Crippen LogP contribution in [-0.2, 0) is 18.3 Å². The molecule has 2 aliphatic heterocycles. The van der Waals surface area contributed by atoms with E-state index in [1.807, 2.05) is 24.9 Å². The molecule has 140 valence electrons. The van der Waals surface area contributed by atoms with Crippen molar-refractivity contribution in [2.45, 2.75) is 13.5 Å². The fourth-order valence-electron chi connectivity index (χ4n) is 3.52. The van der Waals surface area contributed by atoms with Crippen LogP contribution in [-0.4, -0.2) is 77.1 Å². The first kappa shape index (κ1) is 17.2. The first-order chi connectivity index (χ1) is 12.7. The van der Waals surface area contributed by atoms with Crippen molar-refractivity contribution in [2.24, 2.45) is 7.05 Å². The van der Waals surface area contributed by atoms with Crippen LogP contribution in [0, 0.1) is 6.92 Å². The smallest absolute Gasteiger partial charge is 0.227 e. The number of hydrogen-bond donors (Lipinski definition) is 0. The van der Waals surface area contributed by atoms with Crippen LogP contribution in [0.5, 0.6) is 0 Å². The zero-order valence-corrected chi connectivity index (χ0v) is 15.6. The van der Waals surface area contributed by atoms with Crippen LogP contribution < -0.4 is 9.80 Å². The van der Waals surface area contributed by atoms with Crippen molar-refractivity contribution in [1.82, 2.24) is 24.6 Å². The summed E-state index contributed by atoms with van der Waals surface area (Å²) in [6, 6.07) is 4.16. The second-order valence-electron chi connectivity index (χ2n) is 6.98. The lowest BCUT2D eigenvalue weighted by atomic mass is 10.3. The van der Waals surface area contributed by atoms with Crippen molar-refractivity contribution in [1.29, 1.82) is 0 Å². The van der Waals surface area contributed by atoms with Crippen LogP contribution in [0.25, 0.3) is 0 Å². The molecule has 4 heterocycles.